The van der Waals surface area contributed by atoms with Gasteiger partial charge in [0.2, 0.25) is 0 Å². The molecule has 0 radical (unpaired) electrons. The normalized spacial score (nSPS) is 14.5. The molecule has 1 amide bonds. The Balaban J connectivity index is 1.42. The number of fused-ring (bicyclic) bond motifs is 1. The number of benzene rings is 1. The molecule has 8 heteroatoms. The van der Waals surface area contributed by atoms with Crippen molar-refractivity contribution < 1.29 is 9.18 Å². The number of hydrogen-bond donors (Lipinski definition) is 2. The summed E-state index contributed by atoms with van der Waals surface area (Å²) < 4.78 is 13.9. The van der Waals surface area contributed by atoms with Crippen LogP contribution in [0.1, 0.15) is 35.3 Å². The molecule has 2 N–H and O–H groups in total. The summed E-state index contributed by atoms with van der Waals surface area (Å²) in [6.45, 7) is 3.14. The highest BCUT2D eigenvalue weighted by Gasteiger charge is 2.17. The van der Waals surface area contributed by atoms with Gasteiger partial charge in [0.1, 0.15) is 0 Å². The first kappa shape index (κ1) is 20.3. The van der Waals surface area contributed by atoms with Crippen molar-refractivity contribution >= 4 is 22.5 Å². The molecule has 0 spiro atoms. The number of amides is 1. The number of halogens is 1. The van der Waals surface area contributed by atoms with Crippen LogP contribution in [0.5, 0.6) is 0 Å². The summed E-state index contributed by atoms with van der Waals surface area (Å²) in [5, 5.41) is 10.3. The van der Waals surface area contributed by atoms with Crippen molar-refractivity contribution in [1.82, 2.24) is 25.1 Å². The lowest BCUT2D eigenvalue weighted by atomic mass is 10.0. The Morgan fingerprint density at radius 3 is 2.75 bits per heavy atom. The van der Waals surface area contributed by atoms with Gasteiger partial charge < -0.3 is 5.32 Å². The van der Waals surface area contributed by atoms with E-state index in [9.17, 15) is 9.18 Å². The minimum absolute atomic E-state index is 0.0620. The maximum Gasteiger partial charge on any atom is 0.276 e. The van der Waals surface area contributed by atoms with Crippen LogP contribution < -0.4 is 5.32 Å². The molecule has 5 rings (SSSR count). The first-order chi connectivity index (χ1) is 15.7. The lowest BCUT2D eigenvalue weighted by Gasteiger charge is -2.26. The standard InChI is InChI=1S/C24H23FN6O/c25-20-14-26-7-6-22(20)28-24(32)23-19-11-17(4-5-21(19)29-30-23)18-10-16(12-27-13-18)15-31-8-2-1-3-9-31/h4-7,10-14H,1-3,8-9,15H2,(H,29,30)(H,26,28,32). The zero-order valence-electron chi connectivity index (χ0n) is 17.5. The molecule has 162 valence electrons. The molecule has 0 saturated carbocycles. The van der Waals surface area contributed by atoms with Crippen LogP contribution in [0.15, 0.2) is 55.1 Å². The van der Waals surface area contributed by atoms with Crippen LogP contribution in [0.3, 0.4) is 0 Å². The van der Waals surface area contributed by atoms with Gasteiger partial charge in [-0.1, -0.05) is 12.5 Å². The van der Waals surface area contributed by atoms with Crippen molar-refractivity contribution in [3.63, 3.8) is 0 Å². The van der Waals surface area contributed by atoms with Crippen LogP contribution in [-0.2, 0) is 6.54 Å². The fourth-order valence-corrected chi connectivity index (χ4v) is 4.13. The predicted octanol–water partition coefficient (Wildman–Crippen LogP) is 4.40. The van der Waals surface area contributed by atoms with Crippen molar-refractivity contribution in [2.24, 2.45) is 0 Å². The molecule has 0 bridgehead atoms. The van der Waals surface area contributed by atoms with Gasteiger partial charge in [0, 0.05) is 36.1 Å². The van der Waals surface area contributed by atoms with E-state index in [4.69, 9.17) is 0 Å². The highest BCUT2D eigenvalue weighted by atomic mass is 19.1. The van der Waals surface area contributed by atoms with Crippen LogP contribution in [0.4, 0.5) is 10.1 Å². The molecule has 1 aliphatic heterocycles. The van der Waals surface area contributed by atoms with Gasteiger partial charge in [-0.05, 0) is 61.3 Å². The molecule has 3 aromatic heterocycles. The maximum atomic E-state index is 13.9. The Bertz CT molecular complexity index is 1260. The van der Waals surface area contributed by atoms with Crippen LogP contribution >= 0.6 is 0 Å². The minimum atomic E-state index is -0.599. The average Bonchev–Trinajstić information content (AvgIpc) is 3.25. The number of anilines is 1. The summed E-state index contributed by atoms with van der Waals surface area (Å²) >= 11 is 0. The summed E-state index contributed by atoms with van der Waals surface area (Å²) in [7, 11) is 0. The smallest absolute Gasteiger partial charge is 0.276 e. The second kappa shape index (κ2) is 8.84. The van der Waals surface area contributed by atoms with E-state index in [0.717, 1.165) is 42.5 Å². The Hall–Kier alpha value is -3.65. The van der Waals surface area contributed by atoms with Crippen molar-refractivity contribution in [3.8, 4) is 11.1 Å². The van der Waals surface area contributed by atoms with Gasteiger partial charge in [0.05, 0.1) is 17.4 Å². The number of carbonyl (C=O) groups excluding carboxylic acids is 1. The minimum Gasteiger partial charge on any atom is -0.318 e. The molecule has 0 unspecified atom stereocenters. The van der Waals surface area contributed by atoms with E-state index in [2.05, 4.69) is 36.4 Å². The molecule has 4 heterocycles. The van der Waals surface area contributed by atoms with E-state index in [1.54, 1.807) is 0 Å². The third-order valence-corrected chi connectivity index (χ3v) is 5.78. The van der Waals surface area contributed by atoms with Crippen molar-refractivity contribution in [3.05, 3.63) is 72.2 Å². The first-order valence-corrected chi connectivity index (χ1v) is 10.7. The molecule has 1 saturated heterocycles. The molecule has 4 aromatic rings. The molecular weight excluding hydrogens is 407 g/mol. The van der Waals surface area contributed by atoms with Crippen molar-refractivity contribution in [2.75, 3.05) is 18.4 Å². The first-order valence-electron chi connectivity index (χ1n) is 10.7. The second-order valence-corrected chi connectivity index (χ2v) is 8.06. The second-order valence-electron chi connectivity index (χ2n) is 8.06. The number of likely N-dealkylation sites (tertiary alicyclic amines) is 1. The van der Waals surface area contributed by atoms with Crippen LogP contribution in [0.25, 0.3) is 22.0 Å². The predicted molar refractivity (Wildman–Crippen MR) is 121 cm³/mol. The Labute approximate surface area is 184 Å². The van der Waals surface area contributed by atoms with E-state index in [0.29, 0.717) is 5.39 Å². The maximum absolute atomic E-state index is 13.9. The summed E-state index contributed by atoms with van der Waals surface area (Å²) in [6.07, 6.45) is 10.0. The molecule has 0 aliphatic carbocycles. The number of piperidine rings is 1. The number of nitrogens with zero attached hydrogens (tertiary/aromatic N) is 4. The quantitative estimate of drug-likeness (QED) is 0.490. The number of hydrogen-bond acceptors (Lipinski definition) is 5. The molecule has 1 aliphatic rings. The molecule has 0 atom stereocenters. The van der Waals surface area contributed by atoms with Crippen molar-refractivity contribution in [1.29, 1.82) is 0 Å². The topological polar surface area (TPSA) is 86.8 Å². The largest absolute Gasteiger partial charge is 0.318 e. The van der Waals surface area contributed by atoms with Crippen LogP contribution in [-0.4, -0.2) is 44.1 Å². The zero-order chi connectivity index (χ0) is 21.9. The van der Waals surface area contributed by atoms with Crippen molar-refractivity contribution in [2.45, 2.75) is 25.8 Å². The summed E-state index contributed by atoms with van der Waals surface area (Å²) in [4.78, 5) is 23.4. The highest BCUT2D eigenvalue weighted by Crippen LogP contribution is 2.27. The molecule has 1 aromatic carbocycles. The van der Waals surface area contributed by atoms with Gasteiger partial charge in [-0.25, -0.2) is 4.39 Å². The SMILES string of the molecule is O=C(Nc1ccncc1F)c1n[nH]c2ccc(-c3cncc(CN4CCCCC4)c3)cc12. The third-order valence-electron chi connectivity index (χ3n) is 5.78. The van der Waals surface area contributed by atoms with E-state index in [1.165, 1.54) is 37.1 Å². The van der Waals surface area contributed by atoms with Crippen LogP contribution in [0, 0.1) is 5.82 Å². The van der Waals surface area contributed by atoms with Gasteiger partial charge in [0.25, 0.3) is 5.91 Å². The Kier molecular flexibility index (Phi) is 5.60. The monoisotopic (exact) mass is 430 g/mol. The molecule has 1 fully saturated rings. The summed E-state index contributed by atoms with van der Waals surface area (Å²) in [6, 6.07) is 9.34. The molecule has 32 heavy (non-hydrogen) atoms. The number of rotatable bonds is 5. The van der Waals surface area contributed by atoms with Gasteiger partial charge in [-0.15, -0.1) is 0 Å². The fraction of sp³-hybridized carbons (Fsp3) is 0.250. The summed E-state index contributed by atoms with van der Waals surface area (Å²) in [5.41, 5.74) is 4.09. The van der Waals surface area contributed by atoms with Gasteiger partial charge in [-0.2, -0.15) is 5.10 Å². The zero-order valence-corrected chi connectivity index (χ0v) is 17.5. The van der Waals surface area contributed by atoms with E-state index in [1.807, 2.05) is 30.6 Å². The van der Waals surface area contributed by atoms with Gasteiger partial charge in [-0.3, -0.25) is 24.8 Å². The number of pyridine rings is 2. The van der Waals surface area contributed by atoms with E-state index in [-0.39, 0.29) is 11.4 Å². The Morgan fingerprint density at radius 1 is 1.03 bits per heavy atom. The Morgan fingerprint density at radius 2 is 1.91 bits per heavy atom. The van der Waals surface area contributed by atoms with Gasteiger partial charge >= 0.3 is 0 Å². The highest BCUT2D eigenvalue weighted by molar-refractivity contribution is 6.11. The lowest BCUT2D eigenvalue weighted by molar-refractivity contribution is 0.102. The molecular formula is C24H23FN6O. The fourth-order valence-electron chi connectivity index (χ4n) is 4.13. The van der Waals surface area contributed by atoms with E-state index >= 15 is 0 Å². The third kappa shape index (κ3) is 4.22. The number of aromatic amines is 1. The lowest BCUT2D eigenvalue weighted by Crippen LogP contribution is -2.29. The summed E-state index contributed by atoms with van der Waals surface area (Å²) in [5.74, 6) is -1.09. The number of carbonyl (C=O) groups is 1. The van der Waals surface area contributed by atoms with Gasteiger partial charge in [0.15, 0.2) is 11.5 Å². The molecule has 7 nitrogen and oxygen atoms in total. The number of aromatic nitrogens is 4. The van der Waals surface area contributed by atoms with Crippen LogP contribution in [0.2, 0.25) is 0 Å². The van der Waals surface area contributed by atoms with E-state index < -0.39 is 11.7 Å². The number of nitrogens with one attached hydrogen (secondary N) is 2. The number of H-pyrrole nitrogens is 1. The average molecular weight is 430 g/mol.